The second-order valence-corrected chi connectivity index (χ2v) is 14.2. The lowest BCUT2D eigenvalue weighted by molar-refractivity contribution is -0.145. The highest BCUT2D eigenvalue weighted by atomic mass is 16.6. The van der Waals surface area contributed by atoms with E-state index in [4.69, 9.17) is 14.5 Å². The van der Waals surface area contributed by atoms with Gasteiger partial charge in [-0.25, -0.2) is 14.6 Å². The molecule has 2 saturated carbocycles. The maximum Gasteiger partial charge on any atom is 0.408 e. The summed E-state index contributed by atoms with van der Waals surface area (Å²) in [5.74, 6) is -2.03. The van der Waals surface area contributed by atoms with Gasteiger partial charge in [0.1, 0.15) is 35.6 Å². The number of nitrogens with zero attached hydrogens (tertiary/aromatic N) is 2. The van der Waals surface area contributed by atoms with E-state index in [-0.39, 0.29) is 31.4 Å². The molecule has 2 aromatic carbocycles. The zero-order chi connectivity index (χ0) is 35.7. The molecule has 0 radical (unpaired) electrons. The van der Waals surface area contributed by atoms with Crippen LogP contribution >= 0.6 is 0 Å². The standard InChI is InChI=1S/C40H44N4O7/c1-3-5-13-31-37(46)44-23-28(20-33(44)36(45)43-40(38(47)48)22-27(40)4-2)50-35-21-32(25-10-7-6-8-11-25)41-30-18-16-24(19-29(30)35)15-17-26-12-9-14-34(26)51-39(49)42-31/h4,6-8,10-11,15-19,21,26-28,31,33-34H,2-3,5,9,12-14,20,22-23H2,1H3,(H,42,49)(H,43,45)(H,47,48)/b17-15+/t26-,27+,28-,31+,33+,34+,40-/m1/s1. The van der Waals surface area contributed by atoms with Gasteiger partial charge in [0.05, 0.1) is 17.8 Å². The Morgan fingerprint density at radius 2 is 1.96 bits per heavy atom. The summed E-state index contributed by atoms with van der Waals surface area (Å²) >= 11 is 0. The van der Waals surface area contributed by atoms with Crippen LogP contribution in [0.3, 0.4) is 0 Å². The van der Waals surface area contributed by atoms with Crippen molar-refractivity contribution in [2.24, 2.45) is 11.8 Å². The van der Waals surface area contributed by atoms with Gasteiger partial charge in [-0.05, 0) is 49.8 Å². The number of alkyl carbamates (subject to hydrolysis) is 1. The molecule has 11 nitrogen and oxygen atoms in total. The van der Waals surface area contributed by atoms with E-state index in [1.165, 1.54) is 11.0 Å². The molecule has 11 heteroatoms. The van der Waals surface area contributed by atoms with Crippen LogP contribution in [-0.4, -0.2) is 75.2 Å². The molecule has 3 aromatic rings. The predicted octanol–water partition coefficient (Wildman–Crippen LogP) is 5.88. The Hall–Kier alpha value is -5.19. The van der Waals surface area contributed by atoms with Crippen molar-refractivity contribution in [1.82, 2.24) is 20.5 Å². The summed E-state index contributed by atoms with van der Waals surface area (Å²) in [6.07, 6.45) is 8.64. The zero-order valence-corrected chi connectivity index (χ0v) is 28.8. The van der Waals surface area contributed by atoms with Crippen molar-refractivity contribution >= 4 is 40.9 Å². The molecule has 51 heavy (non-hydrogen) atoms. The summed E-state index contributed by atoms with van der Waals surface area (Å²) in [6, 6.07) is 15.7. The van der Waals surface area contributed by atoms with Gasteiger partial charge in [0, 0.05) is 35.3 Å². The molecule has 2 aliphatic carbocycles. The zero-order valence-electron chi connectivity index (χ0n) is 28.8. The lowest BCUT2D eigenvalue weighted by atomic mass is 10.0. The number of hydrogen-bond acceptors (Lipinski definition) is 7. The monoisotopic (exact) mass is 692 g/mol. The second-order valence-electron chi connectivity index (χ2n) is 14.2. The average Bonchev–Trinajstić information content (AvgIpc) is 3.42. The molecule has 3 fully saturated rings. The molecule has 7 atom stereocenters. The minimum atomic E-state index is -1.47. The number of carbonyl (C=O) groups is 4. The van der Waals surface area contributed by atoms with Crippen molar-refractivity contribution in [1.29, 1.82) is 0 Å². The summed E-state index contributed by atoms with van der Waals surface area (Å²) in [5.41, 5.74) is 1.81. The fourth-order valence-corrected chi connectivity index (χ4v) is 7.78. The van der Waals surface area contributed by atoms with Crippen molar-refractivity contribution < 1.29 is 33.8 Å². The van der Waals surface area contributed by atoms with Gasteiger partial charge in [-0.2, -0.15) is 0 Å². The van der Waals surface area contributed by atoms with Crippen LogP contribution in [-0.2, 0) is 19.1 Å². The maximum absolute atomic E-state index is 14.4. The molecule has 2 aliphatic heterocycles. The molecular weight excluding hydrogens is 648 g/mol. The van der Waals surface area contributed by atoms with E-state index >= 15 is 0 Å². The van der Waals surface area contributed by atoms with E-state index in [2.05, 4.69) is 23.3 Å². The number of hydrogen-bond donors (Lipinski definition) is 3. The predicted molar refractivity (Wildman–Crippen MR) is 192 cm³/mol. The fourth-order valence-electron chi connectivity index (χ4n) is 7.78. The second kappa shape index (κ2) is 14.2. The summed E-state index contributed by atoms with van der Waals surface area (Å²) in [4.78, 5) is 60.5. The molecule has 4 aliphatic rings. The number of nitrogens with one attached hydrogen (secondary N) is 2. The Kier molecular flexibility index (Phi) is 9.54. The van der Waals surface area contributed by atoms with E-state index in [1.807, 2.05) is 67.6 Å². The minimum Gasteiger partial charge on any atom is -0.488 e. The lowest BCUT2D eigenvalue weighted by Gasteiger charge is -2.29. The van der Waals surface area contributed by atoms with Crippen LogP contribution in [0.5, 0.6) is 5.75 Å². The summed E-state index contributed by atoms with van der Waals surface area (Å²) in [6.45, 7) is 5.78. The first-order chi connectivity index (χ1) is 24.7. The van der Waals surface area contributed by atoms with Crippen LogP contribution in [0.2, 0.25) is 0 Å². The number of carboxylic acid groups (broad SMARTS) is 1. The molecule has 3 amide bonds. The average molecular weight is 693 g/mol. The number of unbranched alkanes of at least 4 members (excludes halogenated alkanes) is 1. The van der Waals surface area contributed by atoms with Gasteiger partial charge < -0.3 is 30.1 Å². The first-order valence-corrected chi connectivity index (χ1v) is 18.0. The number of fused-ring (bicyclic) bond motifs is 4. The van der Waals surface area contributed by atoms with Crippen LogP contribution in [0.25, 0.3) is 28.2 Å². The number of amides is 3. The van der Waals surface area contributed by atoms with Crippen molar-refractivity contribution in [3.05, 3.63) is 78.9 Å². The first kappa shape index (κ1) is 34.3. The third kappa shape index (κ3) is 6.94. The van der Waals surface area contributed by atoms with E-state index in [1.54, 1.807) is 0 Å². The van der Waals surface area contributed by atoms with Crippen molar-refractivity contribution in [3.63, 3.8) is 0 Å². The normalized spacial score (nSPS) is 29.3. The quantitative estimate of drug-likeness (QED) is 0.248. The Bertz CT molecular complexity index is 1880. The van der Waals surface area contributed by atoms with Crippen LogP contribution in [0.15, 0.2) is 73.3 Å². The lowest BCUT2D eigenvalue weighted by Crippen LogP contribution is -2.56. The number of aromatic nitrogens is 1. The molecule has 1 saturated heterocycles. The van der Waals surface area contributed by atoms with Gasteiger partial charge in [0.2, 0.25) is 11.8 Å². The van der Waals surface area contributed by atoms with Crippen molar-refractivity contribution in [2.75, 3.05) is 6.54 Å². The molecule has 266 valence electrons. The highest BCUT2D eigenvalue weighted by Crippen LogP contribution is 2.45. The fraction of sp³-hybridized carbons (Fsp3) is 0.425. The van der Waals surface area contributed by atoms with Crippen molar-refractivity contribution in [3.8, 4) is 17.0 Å². The van der Waals surface area contributed by atoms with Crippen LogP contribution in [0.1, 0.15) is 63.9 Å². The maximum atomic E-state index is 14.4. The van der Waals surface area contributed by atoms with Gasteiger partial charge >= 0.3 is 12.1 Å². The van der Waals surface area contributed by atoms with Crippen LogP contribution < -0.4 is 15.4 Å². The number of pyridine rings is 1. The van der Waals surface area contributed by atoms with Gasteiger partial charge in [-0.3, -0.25) is 9.59 Å². The number of carbonyl (C=O) groups excluding carboxylic acids is 3. The highest BCUT2D eigenvalue weighted by molar-refractivity contribution is 5.96. The van der Waals surface area contributed by atoms with Gasteiger partial charge in [0.15, 0.2) is 0 Å². The third-order valence-corrected chi connectivity index (χ3v) is 10.8. The number of rotatable bonds is 8. The number of carboxylic acids is 1. The van der Waals surface area contributed by atoms with Gasteiger partial charge in [-0.1, -0.05) is 74.4 Å². The van der Waals surface area contributed by atoms with E-state index in [0.717, 1.165) is 41.3 Å². The van der Waals surface area contributed by atoms with E-state index in [0.29, 0.717) is 30.7 Å². The molecular formula is C40H44N4O7. The summed E-state index contributed by atoms with van der Waals surface area (Å²) in [5, 5.41) is 16.4. The molecule has 3 heterocycles. The summed E-state index contributed by atoms with van der Waals surface area (Å²) in [7, 11) is 0. The number of ether oxygens (including phenoxy) is 2. The molecule has 3 N–H and O–H groups in total. The number of aliphatic carboxylic acids is 1. The van der Waals surface area contributed by atoms with Crippen LogP contribution in [0, 0.1) is 11.8 Å². The van der Waals surface area contributed by atoms with Gasteiger partial charge in [0.25, 0.3) is 0 Å². The molecule has 4 bridgehead atoms. The molecule has 0 unspecified atom stereocenters. The first-order valence-electron chi connectivity index (χ1n) is 18.0. The van der Waals surface area contributed by atoms with Crippen LogP contribution in [0.4, 0.5) is 4.79 Å². The minimum absolute atomic E-state index is 0.0115. The van der Waals surface area contributed by atoms with E-state index < -0.39 is 53.5 Å². The molecule has 1 aromatic heterocycles. The Labute approximate surface area is 297 Å². The topological polar surface area (TPSA) is 147 Å². The Morgan fingerprint density at radius 3 is 2.71 bits per heavy atom. The van der Waals surface area contributed by atoms with Crippen molar-refractivity contribution in [2.45, 2.75) is 88.1 Å². The number of benzene rings is 2. The largest absolute Gasteiger partial charge is 0.488 e. The molecule has 0 spiro atoms. The SMILES string of the molecule is C=C[C@H]1C[C@]1(NC(=O)[C@@H]1C[C@@H]2CN1C(=O)[C@H](CCCC)NC(=O)O[C@H]1CCC[C@@H]1/C=C/c1ccc3nc(-c4ccccc4)cc(c3c1)O2)C(=O)O. The summed E-state index contributed by atoms with van der Waals surface area (Å²) < 4.78 is 12.7. The Balaban J connectivity index is 1.30. The highest BCUT2D eigenvalue weighted by Gasteiger charge is 2.61. The van der Waals surface area contributed by atoms with Gasteiger partial charge in [-0.15, -0.1) is 6.58 Å². The van der Waals surface area contributed by atoms with E-state index in [9.17, 15) is 24.3 Å². The Morgan fingerprint density at radius 1 is 1.14 bits per heavy atom. The molecule has 7 rings (SSSR count). The third-order valence-electron chi connectivity index (χ3n) is 10.8. The smallest absolute Gasteiger partial charge is 0.408 e.